The minimum atomic E-state index is -0.450. The van der Waals surface area contributed by atoms with Crippen LogP contribution in [0.4, 0.5) is 8.78 Å². The summed E-state index contributed by atoms with van der Waals surface area (Å²) >= 11 is 12.6. The summed E-state index contributed by atoms with van der Waals surface area (Å²) < 4.78 is 43.6. The molecule has 68 heavy (non-hydrogen) atoms. The molecule has 2 aliphatic heterocycles. The molecule has 0 unspecified atom stereocenters. The lowest BCUT2D eigenvalue weighted by Crippen LogP contribution is -2.48. The number of fused-ring (bicyclic) bond motifs is 6. The summed E-state index contributed by atoms with van der Waals surface area (Å²) in [6.07, 6.45) is 2.86. The second kappa shape index (κ2) is 19.1. The van der Waals surface area contributed by atoms with Gasteiger partial charge in [-0.25, -0.2) is 27.8 Å². The highest BCUT2D eigenvalue weighted by atomic mass is 35.5. The van der Waals surface area contributed by atoms with Crippen molar-refractivity contribution in [2.24, 2.45) is 0 Å². The van der Waals surface area contributed by atoms with E-state index in [2.05, 4.69) is 30.0 Å². The number of rotatable bonds is 12. The Balaban J connectivity index is 0.000000170. The molecule has 6 heterocycles. The van der Waals surface area contributed by atoms with Crippen LogP contribution >= 0.6 is 23.2 Å². The van der Waals surface area contributed by atoms with Gasteiger partial charge in [-0.3, -0.25) is 9.59 Å². The number of halogens is 4. The first-order valence-electron chi connectivity index (χ1n) is 22.7. The highest BCUT2D eigenvalue weighted by molar-refractivity contribution is 6.32. The molecule has 2 aromatic carbocycles. The lowest BCUT2D eigenvalue weighted by molar-refractivity contribution is 0.0217. The molecule has 6 aromatic rings. The third-order valence-corrected chi connectivity index (χ3v) is 14.8. The van der Waals surface area contributed by atoms with E-state index in [0.29, 0.717) is 83.8 Å². The summed E-state index contributed by atoms with van der Waals surface area (Å²) in [5.74, 6) is -0.852. The normalized spacial score (nSPS) is 19.6. The topological polar surface area (TPSA) is 166 Å². The summed E-state index contributed by atoms with van der Waals surface area (Å²) in [4.78, 5) is 43.6. The average Bonchev–Trinajstić information content (AvgIpc) is 4.05. The third kappa shape index (κ3) is 8.97. The Kier molecular flexibility index (Phi) is 13.4. The summed E-state index contributed by atoms with van der Waals surface area (Å²) in [7, 11) is 3.92. The van der Waals surface area contributed by atoms with Crippen molar-refractivity contribution < 1.29 is 38.1 Å². The van der Waals surface area contributed by atoms with E-state index in [4.69, 9.17) is 42.9 Å². The van der Waals surface area contributed by atoms with Gasteiger partial charge in [0.05, 0.1) is 94.7 Å². The Morgan fingerprint density at radius 1 is 0.662 bits per heavy atom. The maximum absolute atomic E-state index is 14.0. The van der Waals surface area contributed by atoms with Crippen LogP contribution in [-0.2, 0) is 26.2 Å². The van der Waals surface area contributed by atoms with Crippen molar-refractivity contribution in [2.45, 2.75) is 104 Å². The van der Waals surface area contributed by atoms with Crippen molar-refractivity contribution in [2.75, 3.05) is 40.4 Å². The predicted molar refractivity (Wildman–Crippen MR) is 249 cm³/mol. The van der Waals surface area contributed by atoms with E-state index in [1.54, 1.807) is 18.8 Å². The van der Waals surface area contributed by atoms with E-state index in [-0.39, 0.29) is 48.7 Å². The van der Waals surface area contributed by atoms with Gasteiger partial charge in [-0.1, -0.05) is 23.2 Å². The monoisotopic (exact) mass is 974 g/mol. The van der Waals surface area contributed by atoms with E-state index in [0.717, 1.165) is 71.0 Å². The smallest absolute Gasteiger partial charge is 0.258 e. The van der Waals surface area contributed by atoms with Crippen LogP contribution in [0.15, 0.2) is 36.4 Å². The zero-order valence-corrected chi connectivity index (χ0v) is 40.3. The number of carbonyl (C=O) groups excluding carboxylic acids is 2. The molecule has 0 spiro atoms. The maximum atomic E-state index is 14.0. The van der Waals surface area contributed by atoms with Crippen molar-refractivity contribution in [3.8, 4) is 11.5 Å². The molecule has 0 radical (unpaired) electrons. The Morgan fingerprint density at radius 2 is 1.04 bits per heavy atom. The summed E-state index contributed by atoms with van der Waals surface area (Å²) in [6, 6.07) is 8.70. The van der Waals surface area contributed by atoms with Crippen LogP contribution in [0.25, 0.3) is 11.3 Å². The molecule has 10 rings (SSSR count). The molecule has 2 fully saturated rings. The van der Waals surface area contributed by atoms with Gasteiger partial charge < -0.3 is 39.3 Å². The number of benzene rings is 2. The predicted octanol–water partition coefficient (Wildman–Crippen LogP) is 6.26. The van der Waals surface area contributed by atoms with Crippen LogP contribution in [0.3, 0.4) is 0 Å². The summed E-state index contributed by atoms with van der Waals surface area (Å²) in [5.41, 5.74) is 8.49. The first kappa shape index (κ1) is 47.6. The molecule has 2 N–H and O–H groups in total. The van der Waals surface area contributed by atoms with Crippen molar-refractivity contribution >= 4 is 46.3 Å². The highest BCUT2D eigenvalue weighted by Crippen LogP contribution is 2.37. The third-order valence-electron chi connectivity index (χ3n) is 13.7. The standard InChI is InChI=1S/2C24H27ClFN5O3/c2*1-13-22(25)14(2)31-23(27-13)19-11-30(12-20(19)28-31)24(33)18-5-4-15(26)8-21(18)34-17-9-16(10-17)29(3)6-7-32/h2*4-5,8,16-17,32H,6-7,9-12H2,1-3H3. The fourth-order valence-corrected chi connectivity index (χ4v) is 9.67. The SMILES string of the molecule is Cc1nc2c3c(nn2c(C)c1Cl)CN(C(=O)c1ccc(F)cc1OC1CC(N(C)CCO)C1)C3.Cc1nc2c3c(nn2c(C)c1Cl)CN(C(=O)c1ccc(F)cc1OC1CC(N(C)CCO)C1)C3. The van der Waals surface area contributed by atoms with Crippen LogP contribution in [0.1, 0.15) is 91.7 Å². The van der Waals surface area contributed by atoms with Gasteiger partial charge in [0.15, 0.2) is 11.3 Å². The van der Waals surface area contributed by atoms with Gasteiger partial charge in [0, 0.05) is 74.1 Å². The van der Waals surface area contributed by atoms with Crippen LogP contribution in [0, 0.1) is 39.3 Å². The number of ether oxygens (including phenoxy) is 2. The first-order valence-corrected chi connectivity index (χ1v) is 23.5. The average molecular weight is 976 g/mol. The fraction of sp³-hybridized carbons (Fsp3) is 0.458. The molecule has 20 heteroatoms. The molecule has 2 saturated carbocycles. The van der Waals surface area contributed by atoms with Gasteiger partial charge in [-0.2, -0.15) is 10.2 Å². The number of carbonyl (C=O) groups is 2. The van der Waals surface area contributed by atoms with Gasteiger partial charge in [0.2, 0.25) is 0 Å². The van der Waals surface area contributed by atoms with Crippen molar-refractivity contribution in [1.82, 2.24) is 48.8 Å². The fourth-order valence-electron chi connectivity index (χ4n) is 9.42. The molecule has 2 aliphatic carbocycles. The molecule has 0 atom stereocenters. The number of aryl methyl sites for hydroxylation is 4. The van der Waals surface area contributed by atoms with E-state index in [1.807, 2.05) is 41.8 Å². The minimum absolute atomic E-state index is 0.0978. The van der Waals surface area contributed by atoms with Crippen LogP contribution in [-0.4, -0.2) is 136 Å². The molecule has 2 amide bonds. The molecule has 0 saturated heterocycles. The molecule has 4 aromatic heterocycles. The Hall–Kier alpha value is -5.50. The van der Waals surface area contributed by atoms with Crippen LogP contribution in [0.2, 0.25) is 10.0 Å². The zero-order valence-electron chi connectivity index (χ0n) is 38.8. The summed E-state index contributed by atoms with van der Waals surface area (Å²) in [6.45, 7) is 10.3. The van der Waals surface area contributed by atoms with Gasteiger partial charge in [-0.15, -0.1) is 0 Å². The van der Waals surface area contributed by atoms with E-state index in [1.165, 1.54) is 36.4 Å². The molecular formula is C48H54Cl2F2N10O6. The molecule has 4 aliphatic rings. The first-order chi connectivity index (χ1) is 32.5. The number of nitrogens with zero attached hydrogens (tertiary/aromatic N) is 10. The van der Waals surface area contributed by atoms with E-state index < -0.39 is 11.6 Å². The van der Waals surface area contributed by atoms with Gasteiger partial charge in [-0.05, 0) is 66.1 Å². The second-order valence-electron chi connectivity index (χ2n) is 18.3. The molecule has 0 bridgehead atoms. The Morgan fingerprint density at radius 3 is 1.41 bits per heavy atom. The maximum Gasteiger partial charge on any atom is 0.258 e. The molecule has 360 valence electrons. The lowest BCUT2D eigenvalue weighted by Gasteiger charge is -2.41. The molecule has 16 nitrogen and oxygen atoms in total. The second-order valence-corrected chi connectivity index (χ2v) is 19.0. The van der Waals surface area contributed by atoms with Gasteiger partial charge in [0.25, 0.3) is 11.8 Å². The Labute approximate surface area is 402 Å². The number of aliphatic hydroxyl groups is 2. The van der Waals surface area contributed by atoms with Gasteiger partial charge >= 0.3 is 0 Å². The number of hydrogen-bond donors (Lipinski definition) is 2. The number of likely N-dealkylation sites (N-methyl/N-ethyl adjacent to an activating group) is 2. The van der Waals surface area contributed by atoms with E-state index in [9.17, 15) is 18.4 Å². The van der Waals surface area contributed by atoms with Crippen molar-refractivity contribution in [3.05, 3.63) is 114 Å². The Bertz CT molecular complexity index is 2740. The van der Waals surface area contributed by atoms with Crippen molar-refractivity contribution in [3.63, 3.8) is 0 Å². The van der Waals surface area contributed by atoms with Crippen LogP contribution < -0.4 is 9.47 Å². The minimum Gasteiger partial charge on any atom is -0.489 e. The van der Waals surface area contributed by atoms with Crippen LogP contribution in [0.5, 0.6) is 11.5 Å². The van der Waals surface area contributed by atoms with Gasteiger partial charge in [0.1, 0.15) is 35.3 Å². The summed E-state index contributed by atoms with van der Waals surface area (Å²) in [5, 5.41) is 28.6. The number of amides is 2. The molecular weight excluding hydrogens is 921 g/mol. The highest BCUT2D eigenvalue weighted by Gasteiger charge is 2.38. The quantitative estimate of drug-likeness (QED) is 0.142. The zero-order chi connectivity index (χ0) is 48.3. The van der Waals surface area contributed by atoms with Crippen molar-refractivity contribution in [1.29, 1.82) is 0 Å². The lowest BCUT2D eigenvalue weighted by atomic mass is 9.88. The van der Waals surface area contributed by atoms with E-state index >= 15 is 0 Å². The number of aliphatic hydroxyl groups excluding tert-OH is 2. The largest absolute Gasteiger partial charge is 0.489 e. The number of aromatic nitrogens is 6. The number of hydrogen-bond acceptors (Lipinski definition) is 12.